The van der Waals surface area contributed by atoms with Crippen LogP contribution in [0.1, 0.15) is 42.1 Å². The Hall–Kier alpha value is -1.39. The quantitative estimate of drug-likeness (QED) is 0.881. The summed E-state index contributed by atoms with van der Waals surface area (Å²) in [4.78, 5) is 13.9. The van der Waals surface area contributed by atoms with Gasteiger partial charge in [-0.2, -0.15) is 0 Å². The number of aliphatic hydroxyl groups is 1. The molecule has 0 saturated carbocycles. The zero-order valence-electron chi connectivity index (χ0n) is 12.3. The Labute approximate surface area is 120 Å². The average molecular weight is 276 g/mol. The van der Waals surface area contributed by atoms with Gasteiger partial charge in [0, 0.05) is 31.2 Å². The van der Waals surface area contributed by atoms with E-state index in [4.69, 9.17) is 0 Å². The highest BCUT2D eigenvalue weighted by atomic mass is 16.3. The Morgan fingerprint density at radius 3 is 2.65 bits per heavy atom. The maximum Gasteiger partial charge on any atom is 0.251 e. The largest absolute Gasteiger partial charge is 0.395 e. The molecule has 1 heterocycles. The Morgan fingerprint density at radius 2 is 2.05 bits per heavy atom. The molecule has 2 atom stereocenters. The molecule has 1 aliphatic heterocycles. The first-order chi connectivity index (χ1) is 9.65. The summed E-state index contributed by atoms with van der Waals surface area (Å²) in [7, 11) is 1.64. The van der Waals surface area contributed by atoms with Gasteiger partial charge in [-0.3, -0.25) is 9.69 Å². The molecular formula is C16H24N2O2. The zero-order valence-corrected chi connectivity index (χ0v) is 12.3. The van der Waals surface area contributed by atoms with Gasteiger partial charge in [0.2, 0.25) is 0 Å². The van der Waals surface area contributed by atoms with Crippen LogP contribution < -0.4 is 5.32 Å². The van der Waals surface area contributed by atoms with E-state index < -0.39 is 0 Å². The minimum absolute atomic E-state index is 0.0591. The molecule has 1 saturated heterocycles. The van der Waals surface area contributed by atoms with Gasteiger partial charge in [-0.05, 0) is 37.5 Å². The van der Waals surface area contributed by atoms with Gasteiger partial charge in [0.05, 0.1) is 6.61 Å². The van der Waals surface area contributed by atoms with E-state index in [9.17, 15) is 9.90 Å². The zero-order chi connectivity index (χ0) is 14.5. The monoisotopic (exact) mass is 276 g/mol. The summed E-state index contributed by atoms with van der Waals surface area (Å²) in [6, 6.07) is 8.48. The lowest BCUT2D eigenvalue weighted by atomic mass is 9.96. The molecule has 110 valence electrons. The molecule has 2 unspecified atom stereocenters. The molecule has 1 aliphatic rings. The standard InChI is InChI=1S/C16H24N2O2/c1-12-4-3-5-15(11-19)18(12)10-13-6-8-14(9-7-13)16(20)17-2/h6-9,12,15,19H,3-5,10-11H2,1-2H3,(H,17,20). The van der Waals surface area contributed by atoms with Crippen molar-refractivity contribution in [3.05, 3.63) is 35.4 Å². The van der Waals surface area contributed by atoms with Crippen LogP contribution in [-0.2, 0) is 6.54 Å². The van der Waals surface area contributed by atoms with Crippen LogP contribution in [0.5, 0.6) is 0 Å². The fourth-order valence-electron chi connectivity index (χ4n) is 2.94. The first-order valence-corrected chi connectivity index (χ1v) is 7.33. The van der Waals surface area contributed by atoms with Crippen LogP contribution in [0, 0.1) is 0 Å². The van der Waals surface area contributed by atoms with Gasteiger partial charge in [0.15, 0.2) is 0 Å². The van der Waals surface area contributed by atoms with Gasteiger partial charge in [-0.1, -0.05) is 18.6 Å². The fourth-order valence-corrected chi connectivity index (χ4v) is 2.94. The van der Waals surface area contributed by atoms with Crippen LogP contribution in [-0.4, -0.2) is 41.7 Å². The highest BCUT2D eigenvalue weighted by Crippen LogP contribution is 2.24. The van der Waals surface area contributed by atoms with E-state index in [0.29, 0.717) is 11.6 Å². The number of carbonyl (C=O) groups is 1. The minimum atomic E-state index is -0.0591. The molecular weight excluding hydrogens is 252 g/mol. The molecule has 1 fully saturated rings. The van der Waals surface area contributed by atoms with Gasteiger partial charge in [0.25, 0.3) is 5.91 Å². The molecule has 4 nitrogen and oxygen atoms in total. The molecule has 0 spiro atoms. The van der Waals surface area contributed by atoms with E-state index in [-0.39, 0.29) is 18.6 Å². The van der Waals surface area contributed by atoms with Crippen LogP contribution >= 0.6 is 0 Å². The van der Waals surface area contributed by atoms with Crippen molar-refractivity contribution in [2.75, 3.05) is 13.7 Å². The summed E-state index contributed by atoms with van der Waals surface area (Å²) in [6.45, 7) is 3.28. The van der Waals surface area contributed by atoms with E-state index >= 15 is 0 Å². The Balaban J connectivity index is 2.06. The highest BCUT2D eigenvalue weighted by molar-refractivity contribution is 5.93. The van der Waals surface area contributed by atoms with Gasteiger partial charge < -0.3 is 10.4 Å². The number of nitrogens with zero attached hydrogens (tertiary/aromatic N) is 1. The first kappa shape index (κ1) is 15.0. The molecule has 1 aromatic carbocycles. The maximum atomic E-state index is 11.5. The second kappa shape index (κ2) is 6.86. The van der Waals surface area contributed by atoms with Crippen LogP contribution in [0.25, 0.3) is 0 Å². The second-order valence-electron chi connectivity index (χ2n) is 5.56. The van der Waals surface area contributed by atoms with Crippen molar-refractivity contribution in [3.8, 4) is 0 Å². The van der Waals surface area contributed by atoms with Gasteiger partial charge in [0.1, 0.15) is 0 Å². The minimum Gasteiger partial charge on any atom is -0.395 e. The maximum absolute atomic E-state index is 11.5. The topological polar surface area (TPSA) is 52.6 Å². The molecule has 20 heavy (non-hydrogen) atoms. The number of rotatable bonds is 4. The van der Waals surface area contributed by atoms with Crippen molar-refractivity contribution in [1.82, 2.24) is 10.2 Å². The van der Waals surface area contributed by atoms with Crippen molar-refractivity contribution >= 4 is 5.91 Å². The summed E-state index contributed by atoms with van der Waals surface area (Å²) in [6.07, 6.45) is 3.45. The molecule has 0 bridgehead atoms. The second-order valence-corrected chi connectivity index (χ2v) is 5.56. The van der Waals surface area contributed by atoms with E-state index in [0.717, 1.165) is 13.0 Å². The first-order valence-electron chi connectivity index (χ1n) is 7.33. The normalized spacial score (nSPS) is 23.6. The number of amides is 1. The van der Waals surface area contributed by atoms with E-state index in [1.165, 1.54) is 18.4 Å². The summed E-state index contributed by atoms with van der Waals surface area (Å²) < 4.78 is 0. The van der Waals surface area contributed by atoms with Crippen LogP contribution in [0.15, 0.2) is 24.3 Å². The lowest BCUT2D eigenvalue weighted by Gasteiger charge is -2.40. The fraction of sp³-hybridized carbons (Fsp3) is 0.562. The van der Waals surface area contributed by atoms with Crippen LogP contribution in [0.4, 0.5) is 0 Å². The van der Waals surface area contributed by atoms with Gasteiger partial charge >= 0.3 is 0 Å². The number of piperidine rings is 1. The lowest BCUT2D eigenvalue weighted by molar-refractivity contribution is 0.0452. The van der Waals surface area contributed by atoms with Crippen molar-refractivity contribution < 1.29 is 9.90 Å². The molecule has 0 aromatic heterocycles. The number of aliphatic hydroxyl groups excluding tert-OH is 1. The third-order valence-corrected chi connectivity index (χ3v) is 4.21. The molecule has 0 aliphatic carbocycles. The number of hydrogen-bond acceptors (Lipinski definition) is 3. The van der Waals surface area contributed by atoms with Crippen LogP contribution in [0.3, 0.4) is 0 Å². The number of nitrogens with one attached hydrogen (secondary N) is 1. The van der Waals surface area contributed by atoms with Gasteiger partial charge in [-0.25, -0.2) is 0 Å². The SMILES string of the molecule is CNC(=O)c1ccc(CN2C(C)CCCC2CO)cc1. The number of hydrogen-bond donors (Lipinski definition) is 2. The van der Waals surface area contributed by atoms with Crippen LogP contribution in [0.2, 0.25) is 0 Å². The highest BCUT2D eigenvalue weighted by Gasteiger charge is 2.27. The van der Waals surface area contributed by atoms with Crippen molar-refractivity contribution in [2.45, 2.75) is 44.8 Å². The summed E-state index contributed by atoms with van der Waals surface area (Å²) in [5, 5.41) is 12.1. The van der Waals surface area contributed by atoms with E-state index in [1.807, 2.05) is 24.3 Å². The third-order valence-electron chi connectivity index (χ3n) is 4.21. The van der Waals surface area contributed by atoms with Crippen molar-refractivity contribution in [1.29, 1.82) is 0 Å². The van der Waals surface area contributed by atoms with Gasteiger partial charge in [-0.15, -0.1) is 0 Å². The van der Waals surface area contributed by atoms with Crippen molar-refractivity contribution in [3.63, 3.8) is 0 Å². The molecule has 2 N–H and O–H groups in total. The molecule has 1 aromatic rings. The Kier molecular flexibility index (Phi) is 5.15. The predicted molar refractivity (Wildman–Crippen MR) is 79.6 cm³/mol. The van der Waals surface area contributed by atoms with E-state index in [1.54, 1.807) is 7.05 Å². The molecule has 4 heteroatoms. The molecule has 0 radical (unpaired) electrons. The Bertz CT molecular complexity index is 444. The predicted octanol–water partition coefficient (Wildman–Crippen LogP) is 1.78. The summed E-state index contributed by atoms with van der Waals surface area (Å²) >= 11 is 0. The number of likely N-dealkylation sites (tertiary alicyclic amines) is 1. The summed E-state index contributed by atoms with van der Waals surface area (Å²) in [5.41, 5.74) is 1.87. The summed E-state index contributed by atoms with van der Waals surface area (Å²) in [5.74, 6) is -0.0591. The number of benzene rings is 1. The lowest BCUT2D eigenvalue weighted by Crippen LogP contribution is -2.46. The molecule has 2 rings (SSSR count). The smallest absolute Gasteiger partial charge is 0.251 e. The number of carbonyl (C=O) groups excluding carboxylic acids is 1. The van der Waals surface area contributed by atoms with Crippen molar-refractivity contribution in [2.24, 2.45) is 0 Å². The molecule has 1 amide bonds. The average Bonchev–Trinajstić information content (AvgIpc) is 2.49. The Morgan fingerprint density at radius 1 is 1.35 bits per heavy atom. The van der Waals surface area contributed by atoms with E-state index in [2.05, 4.69) is 17.1 Å². The third kappa shape index (κ3) is 3.38.